The zero-order chi connectivity index (χ0) is 29.0. The Hall–Kier alpha value is -3.92. The van der Waals surface area contributed by atoms with Gasteiger partial charge in [0.25, 0.3) is 0 Å². The number of aromatic hydroxyl groups is 2. The van der Waals surface area contributed by atoms with E-state index in [0.717, 1.165) is 84.7 Å². The maximum absolute atomic E-state index is 11.1. The average molecular weight is 549 g/mol. The van der Waals surface area contributed by atoms with Crippen molar-refractivity contribution in [1.29, 1.82) is 0 Å². The van der Waals surface area contributed by atoms with Gasteiger partial charge < -0.3 is 21.7 Å². The van der Waals surface area contributed by atoms with Gasteiger partial charge in [-0.2, -0.15) is 0 Å². The summed E-state index contributed by atoms with van der Waals surface area (Å²) in [5.41, 5.74) is 21.6. The number of nitrogen functional groups attached to an aromatic ring is 2. The first kappa shape index (κ1) is 28.6. The number of phenolic OH excluding ortho intramolecular Hbond substituents is 2. The Morgan fingerprint density at radius 2 is 0.976 bits per heavy atom. The fraction of sp³-hybridized carbons (Fsp3) is 0.351. The van der Waals surface area contributed by atoms with Crippen molar-refractivity contribution in [2.24, 2.45) is 0 Å². The summed E-state index contributed by atoms with van der Waals surface area (Å²) in [7, 11) is 0. The van der Waals surface area contributed by atoms with Crippen LogP contribution in [0.1, 0.15) is 98.6 Å². The number of fused-ring (bicyclic) bond motifs is 3. The van der Waals surface area contributed by atoms with Gasteiger partial charge in [-0.15, -0.1) is 0 Å². The quantitative estimate of drug-likeness (QED) is 0.0711. The number of aryl methyl sites for hydroxylation is 2. The molecule has 4 aromatic carbocycles. The Kier molecular flexibility index (Phi) is 8.58. The molecule has 1 aliphatic carbocycles. The van der Waals surface area contributed by atoms with Crippen LogP contribution in [-0.4, -0.2) is 10.2 Å². The molecule has 0 spiro atoms. The molecule has 1 aliphatic rings. The van der Waals surface area contributed by atoms with E-state index >= 15 is 0 Å². The number of hydrogen-bond donors (Lipinski definition) is 4. The van der Waals surface area contributed by atoms with Crippen LogP contribution in [0.15, 0.2) is 72.8 Å². The molecule has 0 heterocycles. The minimum atomic E-state index is -0.701. The Balaban J connectivity index is 1.77. The van der Waals surface area contributed by atoms with E-state index in [9.17, 15) is 10.2 Å². The number of unbranched alkanes of at least 4 members (excludes halogenated alkanes) is 6. The third-order valence-electron chi connectivity index (χ3n) is 8.85. The van der Waals surface area contributed by atoms with Gasteiger partial charge in [0, 0.05) is 0 Å². The highest BCUT2D eigenvalue weighted by atomic mass is 16.3. The molecular weight excluding hydrogens is 504 g/mol. The molecular formula is C37H44N2O2. The number of nitrogens with two attached hydrogens (primary N) is 2. The van der Waals surface area contributed by atoms with Crippen LogP contribution in [0, 0.1) is 0 Å². The van der Waals surface area contributed by atoms with Gasteiger partial charge >= 0.3 is 0 Å². The predicted molar refractivity (Wildman–Crippen MR) is 172 cm³/mol. The Morgan fingerprint density at radius 3 is 1.39 bits per heavy atom. The van der Waals surface area contributed by atoms with Gasteiger partial charge in [0.1, 0.15) is 11.5 Å². The highest BCUT2D eigenvalue weighted by molar-refractivity contribution is 5.87. The van der Waals surface area contributed by atoms with E-state index in [0.29, 0.717) is 11.4 Å². The maximum atomic E-state index is 11.1. The SMILES string of the molecule is CCCCCCc1cc(C2(c3cc(N)c(O)c(CCCCCC)c3)c3ccccc3-c3ccccc32)cc(N)c1O. The fourth-order valence-electron chi connectivity index (χ4n) is 6.76. The Morgan fingerprint density at radius 1 is 0.561 bits per heavy atom. The number of phenols is 2. The second-order valence-corrected chi connectivity index (χ2v) is 11.6. The molecule has 6 N–H and O–H groups in total. The maximum Gasteiger partial charge on any atom is 0.141 e. The third kappa shape index (κ3) is 5.16. The van der Waals surface area contributed by atoms with Crippen molar-refractivity contribution in [3.8, 4) is 22.6 Å². The molecule has 0 radical (unpaired) electrons. The lowest BCUT2D eigenvalue weighted by molar-refractivity contribution is 0.468. The summed E-state index contributed by atoms with van der Waals surface area (Å²) in [6.07, 6.45) is 10.4. The van der Waals surface area contributed by atoms with Crippen LogP contribution in [0.25, 0.3) is 11.1 Å². The van der Waals surface area contributed by atoms with Crippen LogP contribution in [0.4, 0.5) is 11.4 Å². The first-order valence-corrected chi connectivity index (χ1v) is 15.4. The lowest BCUT2D eigenvalue weighted by atomic mass is 9.66. The molecule has 0 aliphatic heterocycles. The summed E-state index contributed by atoms with van der Waals surface area (Å²) >= 11 is 0. The molecule has 0 amide bonds. The van der Waals surface area contributed by atoms with Crippen molar-refractivity contribution in [1.82, 2.24) is 0 Å². The van der Waals surface area contributed by atoms with Crippen molar-refractivity contribution in [2.75, 3.05) is 11.5 Å². The molecule has 0 aromatic heterocycles. The highest BCUT2D eigenvalue weighted by Crippen LogP contribution is 2.57. The summed E-state index contributed by atoms with van der Waals surface area (Å²) in [5.74, 6) is 0.364. The predicted octanol–water partition coefficient (Wildman–Crippen LogP) is 8.87. The lowest BCUT2D eigenvalue weighted by Crippen LogP contribution is -2.29. The second-order valence-electron chi connectivity index (χ2n) is 11.6. The number of hydrogen-bond acceptors (Lipinski definition) is 4. The van der Waals surface area contributed by atoms with Crippen LogP contribution >= 0.6 is 0 Å². The molecule has 0 saturated heterocycles. The Labute approximate surface area is 245 Å². The zero-order valence-electron chi connectivity index (χ0n) is 24.5. The van der Waals surface area contributed by atoms with Gasteiger partial charge in [0.2, 0.25) is 0 Å². The number of anilines is 2. The summed E-state index contributed by atoms with van der Waals surface area (Å²) in [6.45, 7) is 4.41. The molecule has 4 heteroatoms. The summed E-state index contributed by atoms with van der Waals surface area (Å²) < 4.78 is 0. The van der Waals surface area contributed by atoms with Gasteiger partial charge in [0.15, 0.2) is 0 Å². The molecule has 5 rings (SSSR count). The van der Waals surface area contributed by atoms with Crippen LogP contribution in [-0.2, 0) is 18.3 Å². The van der Waals surface area contributed by atoms with Crippen LogP contribution in [0.3, 0.4) is 0 Å². The van der Waals surface area contributed by atoms with Crippen molar-refractivity contribution >= 4 is 11.4 Å². The smallest absolute Gasteiger partial charge is 0.141 e. The second kappa shape index (κ2) is 12.3. The van der Waals surface area contributed by atoms with Crippen molar-refractivity contribution in [3.63, 3.8) is 0 Å². The summed E-state index contributed by atoms with van der Waals surface area (Å²) in [4.78, 5) is 0. The van der Waals surface area contributed by atoms with E-state index in [1.807, 2.05) is 12.1 Å². The van der Waals surface area contributed by atoms with Crippen LogP contribution < -0.4 is 11.5 Å². The number of benzene rings is 4. The first-order chi connectivity index (χ1) is 19.9. The van der Waals surface area contributed by atoms with Crippen LogP contribution in [0.5, 0.6) is 11.5 Å². The molecule has 4 nitrogen and oxygen atoms in total. The van der Waals surface area contributed by atoms with Gasteiger partial charge in [-0.1, -0.05) is 113 Å². The fourth-order valence-corrected chi connectivity index (χ4v) is 6.76. The zero-order valence-corrected chi connectivity index (χ0v) is 24.5. The number of rotatable bonds is 12. The van der Waals surface area contributed by atoms with Crippen molar-refractivity contribution in [2.45, 2.75) is 83.5 Å². The summed E-state index contributed by atoms with van der Waals surface area (Å²) in [5, 5.41) is 22.1. The average Bonchev–Trinajstić information content (AvgIpc) is 3.28. The van der Waals surface area contributed by atoms with Gasteiger partial charge in [-0.3, -0.25) is 0 Å². The minimum Gasteiger partial charge on any atom is -0.506 e. The standard InChI is InChI=1S/C37H44N2O2/c1-3-5-7-9-15-25-21-27(23-33(38)35(25)40)37(28-22-26(16-10-8-6-4-2)36(41)34(39)24-28)31-19-13-11-17-29(31)30-18-12-14-20-32(30)37/h11-14,17-24,40-41H,3-10,15-16,38-39H2,1-2H3. The molecule has 214 valence electrons. The highest BCUT2D eigenvalue weighted by Gasteiger charge is 2.46. The monoisotopic (exact) mass is 548 g/mol. The molecule has 41 heavy (non-hydrogen) atoms. The largest absolute Gasteiger partial charge is 0.506 e. The molecule has 0 unspecified atom stereocenters. The van der Waals surface area contributed by atoms with E-state index in [-0.39, 0.29) is 11.5 Å². The molecule has 0 saturated carbocycles. The van der Waals surface area contributed by atoms with E-state index in [1.165, 1.54) is 24.0 Å². The summed E-state index contributed by atoms with van der Waals surface area (Å²) in [6, 6.07) is 25.3. The van der Waals surface area contributed by atoms with E-state index in [1.54, 1.807) is 0 Å². The lowest BCUT2D eigenvalue weighted by Gasteiger charge is -2.35. The van der Waals surface area contributed by atoms with Crippen molar-refractivity contribution < 1.29 is 10.2 Å². The van der Waals surface area contributed by atoms with Gasteiger partial charge in [0.05, 0.1) is 16.8 Å². The third-order valence-corrected chi connectivity index (χ3v) is 8.85. The van der Waals surface area contributed by atoms with E-state index in [2.05, 4.69) is 74.5 Å². The Bertz CT molecular complexity index is 1410. The van der Waals surface area contributed by atoms with Crippen molar-refractivity contribution in [3.05, 3.63) is 106 Å². The topological polar surface area (TPSA) is 92.5 Å². The van der Waals surface area contributed by atoms with E-state index < -0.39 is 5.41 Å². The molecule has 0 atom stereocenters. The normalized spacial score (nSPS) is 13.2. The molecule has 4 aromatic rings. The first-order valence-electron chi connectivity index (χ1n) is 15.4. The molecule has 0 bridgehead atoms. The minimum absolute atomic E-state index is 0.182. The molecule has 0 fully saturated rings. The van der Waals surface area contributed by atoms with Gasteiger partial charge in [-0.25, -0.2) is 0 Å². The van der Waals surface area contributed by atoms with E-state index in [4.69, 9.17) is 11.5 Å². The van der Waals surface area contributed by atoms with Gasteiger partial charge in [-0.05, 0) is 82.3 Å². The van der Waals surface area contributed by atoms with Crippen LogP contribution in [0.2, 0.25) is 0 Å².